The van der Waals surface area contributed by atoms with Gasteiger partial charge >= 0.3 is 11.9 Å². The fourth-order valence-corrected chi connectivity index (χ4v) is 3.45. The topological polar surface area (TPSA) is 74.6 Å². The minimum atomic E-state index is -1.15. The smallest absolute Gasteiger partial charge is 0.337 e. The molecule has 0 spiro atoms. The second-order valence-electron chi connectivity index (χ2n) is 3.98. The van der Waals surface area contributed by atoms with Crippen LogP contribution in [0, 0.1) is 0 Å². The Morgan fingerprint density at radius 3 is 2.31 bits per heavy atom. The molecule has 0 aliphatic heterocycles. The first kappa shape index (κ1) is 11.1. The van der Waals surface area contributed by atoms with Crippen molar-refractivity contribution in [2.75, 3.05) is 0 Å². The lowest BCUT2D eigenvalue weighted by Gasteiger charge is -2.07. The monoisotopic (exact) mass is 240 g/mol. The number of carbonyl (C=O) groups is 2. The fourth-order valence-electron chi connectivity index (χ4n) is 2.24. The molecule has 86 valence electrons. The van der Waals surface area contributed by atoms with E-state index in [2.05, 4.69) is 0 Å². The van der Waals surface area contributed by atoms with Crippen molar-refractivity contribution in [3.63, 3.8) is 0 Å². The van der Waals surface area contributed by atoms with E-state index in [1.54, 1.807) is 0 Å². The number of thiophene rings is 1. The average molecular weight is 240 g/mol. The van der Waals surface area contributed by atoms with Crippen LogP contribution in [0.3, 0.4) is 0 Å². The van der Waals surface area contributed by atoms with Gasteiger partial charge in [-0.3, -0.25) is 0 Å². The molecule has 1 aliphatic rings. The second kappa shape index (κ2) is 4.25. The zero-order chi connectivity index (χ0) is 11.7. The van der Waals surface area contributed by atoms with E-state index >= 15 is 0 Å². The number of carboxylic acids is 2. The Labute approximate surface area is 96.5 Å². The molecule has 2 N–H and O–H groups in total. The zero-order valence-electron chi connectivity index (χ0n) is 8.60. The van der Waals surface area contributed by atoms with E-state index in [4.69, 9.17) is 10.2 Å². The summed E-state index contributed by atoms with van der Waals surface area (Å²) in [6.45, 7) is 0. The van der Waals surface area contributed by atoms with Gasteiger partial charge in [-0.25, -0.2) is 9.59 Å². The Bertz CT molecular complexity index is 429. The van der Waals surface area contributed by atoms with Crippen molar-refractivity contribution in [3.05, 3.63) is 21.4 Å². The standard InChI is InChI=1S/C11H12O4S/c12-10(13)7-5-16-9(8(7)11(14)15)6-3-1-2-4-6/h5-6H,1-4H2,(H,12,13)(H,14,15). The molecule has 1 aromatic rings. The highest BCUT2D eigenvalue weighted by Crippen LogP contribution is 2.40. The summed E-state index contributed by atoms with van der Waals surface area (Å²) in [6, 6.07) is 0. The largest absolute Gasteiger partial charge is 0.478 e. The Morgan fingerprint density at radius 2 is 1.81 bits per heavy atom. The number of hydrogen-bond donors (Lipinski definition) is 2. The molecule has 0 saturated heterocycles. The molecule has 0 unspecified atom stereocenters. The first-order valence-electron chi connectivity index (χ1n) is 5.19. The van der Waals surface area contributed by atoms with Crippen LogP contribution in [0.5, 0.6) is 0 Å². The molecule has 1 saturated carbocycles. The van der Waals surface area contributed by atoms with Crippen LogP contribution in [0.25, 0.3) is 0 Å². The van der Waals surface area contributed by atoms with Crippen LogP contribution in [0.15, 0.2) is 5.38 Å². The summed E-state index contributed by atoms with van der Waals surface area (Å²) in [7, 11) is 0. The third-order valence-corrected chi connectivity index (χ3v) is 4.13. The molecule has 0 bridgehead atoms. The van der Waals surface area contributed by atoms with Gasteiger partial charge in [0, 0.05) is 10.3 Å². The van der Waals surface area contributed by atoms with Crippen LogP contribution in [-0.2, 0) is 0 Å². The van der Waals surface area contributed by atoms with Crippen molar-refractivity contribution in [3.8, 4) is 0 Å². The van der Waals surface area contributed by atoms with Crippen LogP contribution in [0.4, 0.5) is 0 Å². The number of hydrogen-bond acceptors (Lipinski definition) is 3. The summed E-state index contributed by atoms with van der Waals surface area (Å²) in [5.41, 5.74) is -0.0659. The highest BCUT2D eigenvalue weighted by Gasteiger charge is 2.28. The van der Waals surface area contributed by atoms with Crippen LogP contribution in [0.2, 0.25) is 0 Å². The van der Waals surface area contributed by atoms with E-state index in [1.165, 1.54) is 16.7 Å². The third kappa shape index (κ3) is 1.82. The summed E-state index contributed by atoms with van der Waals surface area (Å²) in [4.78, 5) is 22.7. The predicted octanol–water partition coefficient (Wildman–Crippen LogP) is 2.80. The van der Waals surface area contributed by atoms with Crippen molar-refractivity contribution < 1.29 is 19.8 Å². The molecule has 0 amide bonds. The highest BCUT2D eigenvalue weighted by atomic mass is 32.1. The number of aromatic carboxylic acids is 2. The van der Waals surface area contributed by atoms with Crippen LogP contribution < -0.4 is 0 Å². The summed E-state index contributed by atoms with van der Waals surface area (Å²) in [5.74, 6) is -2.04. The van der Waals surface area contributed by atoms with Gasteiger partial charge in [0.15, 0.2) is 0 Å². The van der Waals surface area contributed by atoms with Gasteiger partial charge in [-0.15, -0.1) is 11.3 Å². The van der Waals surface area contributed by atoms with Gasteiger partial charge in [0.2, 0.25) is 0 Å². The molecule has 4 nitrogen and oxygen atoms in total. The molecule has 0 atom stereocenters. The lowest BCUT2D eigenvalue weighted by molar-refractivity contribution is 0.0651. The van der Waals surface area contributed by atoms with Gasteiger partial charge in [0.25, 0.3) is 0 Å². The predicted molar refractivity (Wildman–Crippen MR) is 59.4 cm³/mol. The lowest BCUT2D eigenvalue weighted by Crippen LogP contribution is -2.08. The molecular formula is C11H12O4S. The molecule has 2 rings (SSSR count). The maximum Gasteiger partial charge on any atom is 0.337 e. The molecule has 1 aliphatic carbocycles. The maximum absolute atomic E-state index is 11.1. The molecule has 1 heterocycles. The van der Waals surface area contributed by atoms with Gasteiger partial charge in [-0.05, 0) is 18.8 Å². The zero-order valence-corrected chi connectivity index (χ0v) is 9.42. The fraction of sp³-hybridized carbons (Fsp3) is 0.455. The average Bonchev–Trinajstić information content (AvgIpc) is 2.85. The Hall–Kier alpha value is -1.36. The minimum Gasteiger partial charge on any atom is -0.478 e. The summed E-state index contributed by atoms with van der Waals surface area (Å²) < 4.78 is 0. The van der Waals surface area contributed by atoms with Gasteiger partial charge in [-0.2, -0.15) is 0 Å². The second-order valence-corrected chi connectivity index (χ2v) is 4.89. The van der Waals surface area contributed by atoms with E-state index in [0.717, 1.165) is 30.6 Å². The highest BCUT2D eigenvalue weighted by molar-refractivity contribution is 7.10. The third-order valence-electron chi connectivity index (χ3n) is 2.99. The van der Waals surface area contributed by atoms with Crippen molar-refractivity contribution in [2.24, 2.45) is 0 Å². The van der Waals surface area contributed by atoms with Gasteiger partial charge in [0.05, 0.1) is 11.1 Å². The van der Waals surface area contributed by atoms with Crippen LogP contribution >= 0.6 is 11.3 Å². The molecular weight excluding hydrogens is 228 g/mol. The number of rotatable bonds is 3. The molecule has 0 aromatic carbocycles. The van der Waals surface area contributed by atoms with Gasteiger partial charge in [-0.1, -0.05) is 12.8 Å². The van der Waals surface area contributed by atoms with E-state index in [-0.39, 0.29) is 17.0 Å². The molecule has 1 aromatic heterocycles. The Balaban J connectivity index is 2.45. The molecule has 5 heteroatoms. The number of carboxylic acid groups (broad SMARTS) is 2. The lowest BCUT2D eigenvalue weighted by atomic mass is 10.00. The maximum atomic E-state index is 11.1. The quantitative estimate of drug-likeness (QED) is 0.851. The van der Waals surface area contributed by atoms with Crippen LogP contribution in [-0.4, -0.2) is 22.2 Å². The summed E-state index contributed by atoms with van der Waals surface area (Å²) in [6.07, 6.45) is 4.15. The normalized spacial score (nSPS) is 16.5. The van der Waals surface area contributed by atoms with E-state index in [1.807, 2.05) is 0 Å². The van der Waals surface area contributed by atoms with Crippen molar-refractivity contribution in [1.29, 1.82) is 0 Å². The first-order valence-corrected chi connectivity index (χ1v) is 6.07. The van der Waals surface area contributed by atoms with Crippen molar-refractivity contribution in [1.82, 2.24) is 0 Å². The van der Waals surface area contributed by atoms with Crippen LogP contribution in [0.1, 0.15) is 57.2 Å². The van der Waals surface area contributed by atoms with Gasteiger partial charge < -0.3 is 10.2 Å². The Morgan fingerprint density at radius 1 is 1.19 bits per heavy atom. The minimum absolute atomic E-state index is 0.00407. The molecule has 1 fully saturated rings. The summed E-state index contributed by atoms with van der Waals surface area (Å²) in [5, 5.41) is 19.4. The van der Waals surface area contributed by atoms with Crippen molar-refractivity contribution in [2.45, 2.75) is 31.6 Å². The summed E-state index contributed by atoms with van der Waals surface area (Å²) >= 11 is 1.27. The molecule has 0 radical (unpaired) electrons. The first-order chi connectivity index (χ1) is 7.61. The Kier molecular flexibility index (Phi) is 2.96. The van der Waals surface area contributed by atoms with Crippen molar-refractivity contribution >= 4 is 23.3 Å². The SMILES string of the molecule is O=C(O)c1csc(C2CCCC2)c1C(=O)O. The molecule has 16 heavy (non-hydrogen) atoms. The van der Waals surface area contributed by atoms with E-state index in [9.17, 15) is 9.59 Å². The van der Waals surface area contributed by atoms with E-state index in [0.29, 0.717) is 0 Å². The van der Waals surface area contributed by atoms with Gasteiger partial charge in [0.1, 0.15) is 0 Å². The van der Waals surface area contributed by atoms with E-state index < -0.39 is 11.9 Å².